The number of halogens is 3. The van der Waals surface area contributed by atoms with Crippen LogP contribution in [0.3, 0.4) is 0 Å². The van der Waals surface area contributed by atoms with Gasteiger partial charge in [0.15, 0.2) is 0 Å². The van der Waals surface area contributed by atoms with Crippen LogP contribution in [0.25, 0.3) is 0 Å². The Morgan fingerprint density at radius 2 is 1.82 bits per heavy atom. The summed E-state index contributed by atoms with van der Waals surface area (Å²) in [5.74, 6) is -0.423. The minimum atomic E-state index is -0.268. The Kier molecular flexibility index (Phi) is 6.04. The van der Waals surface area contributed by atoms with Crippen LogP contribution in [-0.2, 0) is 11.2 Å². The van der Waals surface area contributed by atoms with Gasteiger partial charge < -0.3 is 10.6 Å². The maximum atomic E-state index is 12.8. The van der Waals surface area contributed by atoms with Gasteiger partial charge in [-0.15, -0.1) is 0 Å². The van der Waals surface area contributed by atoms with Gasteiger partial charge in [-0.3, -0.25) is 4.79 Å². The second-order valence-electron chi connectivity index (χ2n) is 4.70. The van der Waals surface area contributed by atoms with E-state index in [0.29, 0.717) is 28.7 Å². The summed E-state index contributed by atoms with van der Waals surface area (Å²) in [6, 6.07) is 11.2. The Labute approximate surface area is 138 Å². The summed E-state index contributed by atoms with van der Waals surface area (Å²) in [4.78, 5) is 11.7. The molecule has 1 amide bonds. The Bertz CT molecular complexity index is 647. The number of hydrogen-bond donors (Lipinski definition) is 2. The van der Waals surface area contributed by atoms with Crippen LogP contribution in [-0.4, -0.2) is 19.0 Å². The molecule has 0 radical (unpaired) electrons. The predicted octanol–water partition coefficient (Wildman–Crippen LogP) is 3.90. The van der Waals surface area contributed by atoms with Crippen molar-refractivity contribution in [3.63, 3.8) is 0 Å². The summed E-state index contributed by atoms with van der Waals surface area (Å²) in [7, 11) is 0. The van der Waals surface area contributed by atoms with Crippen LogP contribution >= 0.6 is 23.2 Å². The van der Waals surface area contributed by atoms with Crippen molar-refractivity contribution in [3.8, 4) is 0 Å². The van der Waals surface area contributed by atoms with Gasteiger partial charge in [0.1, 0.15) is 5.82 Å². The summed E-state index contributed by atoms with van der Waals surface area (Å²) in [5, 5.41) is 6.76. The molecule has 0 saturated heterocycles. The lowest BCUT2D eigenvalue weighted by Gasteiger charge is -2.09. The highest BCUT2D eigenvalue weighted by Crippen LogP contribution is 2.24. The molecule has 0 aliphatic carbocycles. The molecule has 2 rings (SSSR count). The molecule has 2 aromatic rings. The van der Waals surface area contributed by atoms with Crippen molar-refractivity contribution in [3.05, 3.63) is 63.9 Å². The summed E-state index contributed by atoms with van der Waals surface area (Å²) >= 11 is 11.9. The minimum Gasteiger partial charge on any atom is -0.375 e. The zero-order chi connectivity index (χ0) is 15.9. The normalized spacial score (nSPS) is 10.3. The van der Waals surface area contributed by atoms with E-state index in [2.05, 4.69) is 10.6 Å². The molecule has 2 N–H and O–H groups in total. The fourth-order valence-electron chi connectivity index (χ4n) is 1.87. The van der Waals surface area contributed by atoms with E-state index >= 15 is 0 Å². The molecule has 6 heteroatoms. The van der Waals surface area contributed by atoms with Crippen molar-refractivity contribution in [2.24, 2.45) is 0 Å². The lowest BCUT2D eigenvalue weighted by Crippen LogP contribution is -2.31. The van der Waals surface area contributed by atoms with Gasteiger partial charge in [0.25, 0.3) is 0 Å². The molecule has 0 fully saturated rings. The summed E-state index contributed by atoms with van der Waals surface area (Å²) in [6.45, 7) is 0.582. The Balaban J connectivity index is 1.74. The zero-order valence-electron chi connectivity index (χ0n) is 11.7. The first-order valence-electron chi connectivity index (χ1n) is 6.74. The molecule has 3 nitrogen and oxygen atoms in total. The van der Waals surface area contributed by atoms with Crippen LogP contribution in [0.4, 0.5) is 10.1 Å². The third-order valence-electron chi connectivity index (χ3n) is 3.02. The molecule has 0 heterocycles. The summed E-state index contributed by atoms with van der Waals surface area (Å²) in [5.41, 5.74) is 1.58. The summed E-state index contributed by atoms with van der Waals surface area (Å²) in [6.07, 6.45) is 0.643. The number of benzene rings is 2. The van der Waals surface area contributed by atoms with E-state index in [1.54, 1.807) is 30.3 Å². The first-order chi connectivity index (χ1) is 10.5. The van der Waals surface area contributed by atoms with Gasteiger partial charge in [0.05, 0.1) is 17.3 Å². The van der Waals surface area contributed by atoms with Gasteiger partial charge in [0.2, 0.25) is 5.91 Å². The summed E-state index contributed by atoms with van der Waals surface area (Å²) < 4.78 is 12.8. The average Bonchev–Trinajstić information content (AvgIpc) is 2.50. The van der Waals surface area contributed by atoms with E-state index in [1.165, 1.54) is 12.1 Å². The fraction of sp³-hybridized carbons (Fsp3) is 0.188. The lowest BCUT2D eigenvalue weighted by atomic mass is 10.1. The molecule has 0 bridgehead atoms. The highest BCUT2D eigenvalue weighted by molar-refractivity contribution is 6.35. The zero-order valence-corrected chi connectivity index (χ0v) is 13.2. The first-order valence-corrected chi connectivity index (χ1v) is 7.50. The highest BCUT2D eigenvalue weighted by atomic mass is 35.5. The third kappa shape index (κ3) is 5.20. The molecular formula is C16H15Cl2FN2O. The van der Waals surface area contributed by atoms with Crippen LogP contribution in [0.5, 0.6) is 0 Å². The molecule has 22 heavy (non-hydrogen) atoms. The smallest absolute Gasteiger partial charge is 0.239 e. The maximum absolute atomic E-state index is 12.8. The molecule has 0 atom stereocenters. The minimum absolute atomic E-state index is 0.101. The van der Waals surface area contributed by atoms with Crippen molar-refractivity contribution in [1.82, 2.24) is 5.32 Å². The van der Waals surface area contributed by atoms with E-state index < -0.39 is 0 Å². The van der Waals surface area contributed by atoms with E-state index in [-0.39, 0.29) is 18.3 Å². The van der Waals surface area contributed by atoms with Crippen molar-refractivity contribution < 1.29 is 9.18 Å². The second-order valence-corrected chi connectivity index (χ2v) is 5.55. The van der Waals surface area contributed by atoms with Crippen molar-refractivity contribution >= 4 is 34.8 Å². The standard InChI is InChI=1S/C16H15Cl2FN2O/c17-12-3-6-14(18)15(9-12)21-10-16(22)20-8-7-11-1-4-13(19)5-2-11/h1-6,9,21H,7-8,10H2,(H,20,22). The number of nitrogens with one attached hydrogen (secondary N) is 2. The van der Waals surface area contributed by atoms with E-state index in [0.717, 1.165) is 5.56 Å². The molecule has 0 spiro atoms. The van der Waals surface area contributed by atoms with E-state index in [1.807, 2.05) is 0 Å². The number of carbonyl (C=O) groups excluding carboxylic acids is 1. The van der Waals surface area contributed by atoms with Crippen LogP contribution in [0.1, 0.15) is 5.56 Å². The van der Waals surface area contributed by atoms with Crippen molar-refractivity contribution in [1.29, 1.82) is 0 Å². The van der Waals surface area contributed by atoms with E-state index in [4.69, 9.17) is 23.2 Å². The predicted molar refractivity (Wildman–Crippen MR) is 88.1 cm³/mol. The largest absolute Gasteiger partial charge is 0.375 e. The van der Waals surface area contributed by atoms with Gasteiger partial charge in [-0.05, 0) is 42.3 Å². The topological polar surface area (TPSA) is 41.1 Å². The third-order valence-corrected chi connectivity index (χ3v) is 3.58. The quantitative estimate of drug-likeness (QED) is 0.837. The molecule has 0 unspecified atom stereocenters. The van der Waals surface area contributed by atoms with Gasteiger partial charge >= 0.3 is 0 Å². The van der Waals surface area contributed by atoms with Crippen molar-refractivity contribution in [2.75, 3.05) is 18.4 Å². The average molecular weight is 341 g/mol. The second kappa shape index (κ2) is 8.01. The van der Waals surface area contributed by atoms with Crippen LogP contribution in [0.15, 0.2) is 42.5 Å². The first kappa shape index (κ1) is 16.6. The molecule has 0 aliphatic rings. The molecule has 0 aromatic heterocycles. The number of rotatable bonds is 6. The van der Waals surface area contributed by atoms with Gasteiger partial charge in [-0.1, -0.05) is 35.3 Å². The van der Waals surface area contributed by atoms with Gasteiger partial charge in [-0.25, -0.2) is 4.39 Å². The van der Waals surface area contributed by atoms with Crippen LogP contribution in [0.2, 0.25) is 10.0 Å². The number of hydrogen-bond acceptors (Lipinski definition) is 2. The Hall–Kier alpha value is -1.78. The lowest BCUT2D eigenvalue weighted by molar-refractivity contribution is -0.119. The highest BCUT2D eigenvalue weighted by Gasteiger charge is 2.04. The molecule has 0 saturated carbocycles. The van der Waals surface area contributed by atoms with Gasteiger partial charge in [0, 0.05) is 11.6 Å². The molecule has 2 aromatic carbocycles. The number of amides is 1. The monoisotopic (exact) mass is 340 g/mol. The van der Waals surface area contributed by atoms with E-state index in [9.17, 15) is 9.18 Å². The maximum Gasteiger partial charge on any atom is 0.239 e. The van der Waals surface area contributed by atoms with Crippen molar-refractivity contribution in [2.45, 2.75) is 6.42 Å². The van der Waals surface area contributed by atoms with Crippen LogP contribution < -0.4 is 10.6 Å². The molecule has 116 valence electrons. The SMILES string of the molecule is O=C(CNc1cc(Cl)ccc1Cl)NCCc1ccc(F)cc1. The van der Waals surface area contributed by atoms with Crippen LogP contribution in [0, 0.1) is 5.82 Å². The molecular weight excluding hydrogens is 326 g/mol. The Morgan fingerprint density at radius 3 is 2.55 bits per heavy atom. The van der Waals surface area contributed by atoms with Gasteiger partial charge in [-0.2, -0.15) is 0 Å². The fourth-order valence-corrected chi connectivity index (χ4v) is 2.22. The molecule has 0 aliphatic heterocycles. The number of anilines is 1. The number of carbonyl (C=O) groups is 1. The Morgan fingerprint density at radius 1 is 1.09 bits per heavy atom.